The van der Waals surface area contributed by atoms with E-state index in [-0.39, 0.29) is 10.6 Å². The topological polar surface area (TPSA) is 108 Å². The van der Waals surface area contributed by atoms with Crippen LogP contribution >= 0.6 is 11.6 Å². The fraction of sp³-hybridized carbons (Fsp3) is 0.235. The number of anilines is 1. The minimum absolute atomic E-state index is 0.143. The maximum absolute atomic E-state index is 12.4. The summed E-state index contributed by atoms with van der Waals surface area (Å²) in [5.41, 5.74) is 0.957. The van der Waals surface area contributed by atoms with Crippen LogP contribution in [0.1, 0.15) is 12.5 Å². The van der Waals surface area contributed by atoms with E-state index in [0.29, 0.717) is 16.5 Å². The fourth-order valence-corrected chi connectivity index (χ4v) is 2.95. The van der Waals surface area contributed by atoms with E-state index in [4.69, 9.17) is 26.2 Å². The summed E-state index contributed by atoms with van der Waals surface area (Å²) < 4.78 is 33.8. The number of ether oxygens (including phenoxy) is 2. The van der Waals surface area contributed by atoms with E-state index in [2.05, 4.69) is 5.32 Å². The number of aryl methyl sites for hydroxylation is 1. The third kappa shape index (κ3) is 4.87. The van der Waals surface area contributed by atoms with Gasteiger partial charge in [-0.25, -0.2) is 13.6 Å². The number of carbonyl (C=O) groups is 1. The van der Waals surface area contributed by atoms with Gasteiger partial charge in [0.05, 0.1) is 17.7 Å². The van der Waals surface area contributed by atoms with Crippen LogP contribution in [0.4, 0.5) is 5.69 Å². The molecule has 140 valence electrons. The maximum Gasteiger partial charge on any atom is 0.265 e. The Morgan fingerprint density at radius 2 is 1.85 bits per heavy atom. The lowest BCUT2D eigenvalue weighted by atomic mass is 10.2. The molecule has 1 atom stereocenters. The molecule has 7 nitrogen and oxygen atoms in total. The largest absolute Gasteiger partial charge is 0.495 e. The average Bonchev–Trinajstić information content (AvgIpc) is 2.56. The van der Waals surface area contributed by atoms with Crippen LogP contribution in [-0.4, -0.2) is 27.5 Å². The van der Waals surface area contributed by atoms with Gasteiger partial charge in [0.25, 0.3) is 5.91 Å². The van der Waals surface area contributed by atoms with Crippen LogP contribution in [-0.2, 0) is 14.8 Å². The normalized spacial score (nSPS) is 12.3. The van der Waals surface area contributed by atoms with E-state index in [1.54, 1.807) is 25.1 Å². The lowest BCUT2D eigenvalue weighted by Gasteiger charge is -2.17. The Labute approximate surface area is 157 Å². The van der Waals surface area contributed by atoms with Crippen LogP contribution in [0.15, 0.2) is 41.3 Å². The Kier molecular flexibility index (Phi) is 6.12. The van der Waals surface area contributed by atoms with Crippen molar-refractivity contribution in [3.63, 3.8) is 0 Å². The highest BCUT2D eigenvalue weighted by molar-refractivity contribution is 7.89. The van der Waals surface area contributed by atoms with Gasteiger partial charge in [-0.15, -0.1) is 0 Å². The van der Waals surface area contributed by atoms with Gasteiger partial charge in [-0.05, 0) is 55.8 Å². The number of hydrogen-bond acceptors (Lipinski definition) is 5. The van der Waals surface area contributed by atoms with E-state index in [0.717, 1.165) is 5.56 Å². The molecule has 0 saturated heterocycles. The molecule has 0 fully saturated rings. The van der Waals surface area contributed by atoms with Crippen LogP contribution in [0.25, 0.3) is 0 Å². The van der Waals surface area contributed by atoms with Gasteiger partial charge in [0, 0.05) is 5.02 Å². The summed E-state index contributed by atoms with van der Waals surface area (Å²) in [6.07, 6.45) is -0.849. The van der Waals surface area contributed by atoms with Crippen molar-refractivity contribution in [1.82, 2.24) is 0 Å². The second kappa shape index (κ2) is 7.94. The third-order valence-corrected chi connectivity index (χ3v) is 4.71. The molecule has 0 bridgehead atoms. The highest BCUT2D eigenvalue weighted by atomic mass is 35.5. The predicted octanol–water partition coefficient (Wildman–Crippen LogP) is 2.71. The van der Waals surface area contributed by atoms with Crippen molar-refractivity contribution < 1.29 is 22.7 Å². The first kappa shape index (κ1) is 20.0. The zero-order valence-electron chi connectivity index (χ0n) is 14.4. The summed E-state index contributed by atoms with van der Waals surface area (Å²) in [7, 11) is -2.51. The lowest BCUT2D eigenvalue weighted by molar-refractivity contribution is -0.122. The standard InChI is InChI=1S/C17H19ClN2O5S/c1-10-8-12(18)4-6-15(10)25-11(2)17(21)20-14-9-13(26(19,22)23)5-7-16(14)24-3/h4-9,11H,1-3H3,(H,20,21)(H2,19,22,23)/t11-/m0/s1. The number of hydrogen-bond donors (Lipinski definition) is 2. The number of primary sulfonamides is 1. The van der Waals surface area contributed by atoms with Crippen LogP contribution in [0.2, 0.25) is 5.02 Å². The second-order valence-corrected chi connectivity index (χ2v) is 7.56. The number of methoxy groups -OCH3 is 1. The van der Waals surface area contributed by atoms with Crippen LogP contribution in [0, 0.1) is 6.92 Å². The molecule has 2 aromatic rings. The van der Waals surface area contributed by atoms with Crippen molar-refractivity contribution in [3.05, 3.63) is 47.0 Å². The Hall–Kier alpha value is -2.29. The first-order valence-electron chi connectivity index (χ1n) is 7.56. The van der Waals surface area contributed by atoms with E-state index >= 15 is 0 Å². The molecule has 0 radical (unpaired) electrons. The molecule has 0 aliphatic rings. The molecule has 0 unspecified atom stereocenters. The first-order chi connectivity index (χ1) is 12.1. The van der Waals surface area contributed by atoms with Crippen molar-refractivity contribution in [1.29, 1.82) is 0 Å². The molecule has 9 heteroatoms. The van der Waals surface area contributed by atoms with Crippen LogP contribution < -0.4 is 19.9 Å². The van der Waals surface area contributed by atoms with Gasteiger partial charge < -0.3 is 14.8 Å². The Bertz CT molecular complexity index is 931. The summed E-state index contributed by atoms with van der Waals surface area (Å²) in [4.78, 5) is 12.3. The molecule has 0 aliphatic heterocycles. The van der Waals surface area contributed by atoms with E-state index in [9.17, 15) is 13.2 Å². The highest BCUT2D eigenvalue weighted by Crippen LogP contribution is 2.28. The Balaban J connectivity index is 2.20. The first-order valence-corrected chi connectivity index (χ1v) is 9.48. The highest BCUT2D eigenvalue weighted by Gasteiger charge is 2.19. The van der Waals surface area contributed by atoms with Gasteiger partial charge in [-0.1, -0.05) is 11.6 Å². The molecule has 1 amide bonds. The van der Waals surface area contributed by atoms with Gasteiger partial charge in [0.1, 0.15) is 11.5 Å². The number of nitrogens with two attached hydrogens (primary N) is 1. The van der Waals surface area contributed by atoms with E-state index in [1.165, 1.54) is 25.3 Å². The number of sulfonamides is 1. The molecule has 0 aromatic heterocycles. The summed E-state index contributed by atoms with van der Waals surface area (Å²) in [5, 5.41) is 8.28. The van der Waals surface area contributed by atoms with Gasteiger partial charge >= 0.3 is 0 Å². The molecule has 0 heterocycles. The molecular weight excluding hydrogens is 380 g/mol. The molecule has 2 rings (SSSR count). The smallest absolute Gasteiger partial charge is 0.265 e. The number of rotatable bonds is 6. The number of benzene rings is 2. The summed E-state index contributed by atoms with van der Waals surface area (Å²) in [6, 6.07) is 8.98. The van der Waals surface area contributed by atoms with E-state index < -0.39 is 22.0 Å². The predicted molar refractivity (Wildman–Crippen MR) is 99.3 cm³/mol. The number of nitrogens with one attached hydrogen (secondary N) is 1. The monoisotopic (exact) mass is 398 g/mol. The van der Waals surface area contributed by atoms with Crippen molar-refractivity contribution in [2.75, 3.05) is 12.4 Å². The maximum atomic E-state index is 12.4. The Morgan fingerprint density at radius 3 is 2.42 bits per heavy atom. The van der Waals surface area contributed by atoms with Gasteiger partial charge in [0.2, 0.25) is 10.0 Å². The zero-order valence-corrected chi connectivity index (χ0v) is 16.0. The zero-order chi connectivity index (χ0) is 19.5. The van der Waals surface area contributed by atoms with Crippen LogP contribution in [0.3, 0.4) is 0 Å². The van der Waals surface area contributed by atoms with E-state index in [1.807, 2.05) is 6.92 Å². The minimum Gasteiger partial charge on any atom is -0.495 e. The molecule has 0 spiro atoms. The van der Waals surface area contributed by atoms with Gasteiger partial charge in [0.15, 0.2) is 6.10 Å². The summed E-state index contributed by atoms with van der Waals surface area (Å²) in [5.74, 6) is 0.326. The molecule has 26 heavy (non-hydrogen) atoms. The lowest BCUT2D eigenvalue weighted by Crippen LogP contribution is -2.30. The molecule has 3 N–H and O–H groups in total. The van der Waals surface area contributed by atoms with Gasteiger partial charge in [-0.3, -0.25) is 4.79 Å². The van der Waals surface area contributed by atoms with Crippen molar-refractivity contribution in [2.24, 2.45) is 5.14 Å². The van der Waals surface area contributed by atoms with Crippen molar-refractivity contribution in [3.8, 4) is 11.5 Å². The molecule has 0 aliphatic carbocycles. The number of carbonyl (C=O) groups excluding carboxylic acids is 1. The average molecular weight is 399 g/mol. The molecular formula is C17H19ClN2O5S. The van der Waals surface area contributed by atoms with Crippen molar-refractivity contribution in [2.45, 2.75) is 24.8 Å². The fourth-order valence-electron chi connectivity index (χ4n) is 2.19. The number of halogens is 1. The summed E-state index contributed by atoms with van der Waals surface area (Å²) in [6.45, 7) is 3.38. The number of amides is 1. The SMILES string of the molecule is COc1ccc(S(N)(=O)=O)cc1NC(=O)[C@H](C)Oc1ccc(Cl)cc1C. The molecule has 2 aromatic carbocycles. The van der Waals surface area contributed by atoms with Crippen LogP contribution in [0.5, 0.6) is 11.5 Å². The third-order valence-electron chi connectivity index (χ3n) is 3.57. The van der Waals surface area contributed by atoms with Crippen molar-refractivity contribution >= 4 is 33.2 Å². The van der Waals surface area contributed by atoms with Gasteiger partial charge in [-0.2, -0.15) is 0 Å². The quantitative estimate of drug-likeness (QED) is 0.777. The second-order valence-electron chi connectivity index (χ2n) is 5.57. The molecule has 0 saturated carbocycles. The minimum atomic E-state index is -3.92. The summed E-state index contributed by atoms with van der Waals surface area (Å²) >= 11 is 5.90. The Morgan fingerprint density at radius 1 is 1.19 bits per heavy atom.